The van der Waals surface area contributed by atoms with Crippen LogP contribution in [0.2, 0.25) is 0 Å². The van der Waals surface area contributed by atoms with Crippen LogP contribution in [0.5, 0.6) is 5.75 Å². The lowest BCUT2D eigenvalue weighted by molar-refractivity contribution is 0.243. The molecule has 1 aliphatic rings. The monoisotopic (exact) mass is 270 g/mol. The molecular weight excluding hydrogens is 248 g/mol. The summed E-state index contributed by atoms with van der Waals surface area (Å²) in [5.41, 5.74) is 4.96. The van der Waals surface area contributed by atoms with E-state index in [-0.39, 0.29) is 6.10 Å². The first-order chi connectivity index (χ1) is 9.69. The smallest absolute Gasteiger partial charge is 0.120 e. The molecule has 3 rings (SSSR count). The summed E-state index contributed by atoms with van der Waals surface area (Å²) in [5.74, 6) is 0.918. The summed E-state index contributed by atoms with van der Waals surface area (Å²) in [5, 5.41) is 4.56. The number of aryl methyl sites for hydroxylation is 1. The van der Waals surface area contributed by atoms with Crippen LogP contribution >= 0.6 is 0 Å². The van der Waals surface area contributed by atoms with Gasteiger partial charge >= 0.3 is 0 Å². The van der Waals surface area contributed by atoms with Crippen LogP contribution in [0, 0.1) is 0 Å². The van der Waals surface area contributed by atoms with Crippen molar-refractivity contribution in [1.82, 2.24) is 4.98 Å². The predicted molar refractivity (Wildman–Crippen MR) is 83.7 cm³/mol. The first kappa shape index (κ1) is 13.2. The largest absolute Gasteiger partial charge is 0.491 e. The summed E-state index contributed by atoms with van der Waals surface area (Å²) in [6.45, 7) is 4.10. The zero-order chi connectivity index (χ0) is 14.1. The Morgan fingerprint density at radius 2 is 2.00 bits per heavy atom. The molecule has 2 aromatic rings. The standard InChI is InChI=1S/C17H22N2O/c1-11(2)20-12-8-9-16-14(10-12)17(18-3)13-6-4-5-7-15(13)19-16/h8-11H,4-7H2,1-3H3,(H,18,19). The molecule has 0 atom stereocenters. The molecule has 0 fully saturated rings. The third kappa shape index (κ3) is 2.33. The Hall–Kier alpha value is -1.77. The van der Waals surface area contributed by atoms with Gasteiger partial charge in [-0.1, -0.05) is 0 Å². The van der Waals surface area contributed by atoms with Gasteiger partial charge in [0.05, 0.1) is 11.6 Å². The van der Waals surface area contributed by atoms with E-state index < -0.39 is 0 Å². The van der Waals surface area contributed by atoms with Gasteiger partial charge in [0.2, 0.25) is 0 Å². The molecule has 20 heavy (non-hydrogen) atoms. The summed E-state index contributed by atoms with van der Waals surface area (Å²) in [4.78, 5) is 4.85. The highest BCUT2D eigenvalue weighted by Crippen LogP contribution is 2.34. The van der Waals surface area contributed by atoms with E-state index in [0.29, 0.717) is 0 Å². The Labute approximate surface area is 120 Å². The molecule has 1 aromatic heterocycles. The van der Waals surface area contributed by atoms with Crippen molar-refractivity contribution in [2.45, 2.75) is 45.6 Å². The number of ether oxygens (including phenoxy) is 1. The lowest BCUT2D eigenvalue weighted by Crippen LogP contribution is -2.10. The maximum atomic E-state index is 5.81. The maximum Gasteiger partial charge on any atom is 0.120 e. The van der Waals surface area contributed by atoms with Gasteiger partial charge in [0.25, 0.3) is 0 Å². The predicted octanol–water partition coefficient (Wildman–Crippen LogP) is 3.94. The van der Waals surface area contributed by atoms with Crippen molar-refractivity contribution in [3.8, 4) is 5.75 Å². The summed E-state index contributed by atoms with van der Waals surface area (Å²) in [7, 11) is 2.00. The first-order valence-corrected chi connectivity index (χ1v) is 7.49. The SMILES string of the molecule is CNc1c2c(nc3ccc(OC(C)C)cc13)CCCC2. The van der Waals surface area contributed by atoms with Gasteiger partial charge in [-0.05, 0) is 63.3 Å². The zero-order valence-corrected chi connectivity index (χ0v) is 12.5. The fourth-order valence-corrected chi connectivity index (χ4v) is 3.03. The molecule has 0 spiro atoms. The van der Waals surface area contributed by atoms with Crippen molar-refractivity contribution in [3.63, 3.8) is 0 Å². The molecule has 106 valence electrons. The van der Waals surface area contributed by atoms with Crippen LogP contribution < -0.4 is 10.1 Å². The van der Waals surface area contributed by atoms with E-state index in [2.05, 4.69) is 17.4 Å². The Morgan fingerprint density at radius 3 is 2.75 bits per heavy atom. The quantitative estimate of drug-likeness (QED) is 0.917. The molecule has 1 heterocycles. The highest BCUT2D eigenvalue weighted by molar-refractivity contribution is 5.94. The normalized spacial score (nSPS) is 14.4. The Kier molecular flexibility index (Phi) is 3.51. The Balaban J connectivity index is 2.17. The number of aromatic nitrogens is 1. The molecule has 0 unspecified atom stereocenters. The van der Waals surface area contributed by atoms with Crippen molar-refractivity contribution in [2.75, 3.05) is 12.4 Å². The highest BCUT2D eigenvalue weighted by Gasteiger charge is 2.17. The summed E-state index contributed by atoms with van der Waals surface area (Å²) in [6, 6.07) is 6.20. The van der Waals surface area contributed by atoms with Gasteiger partial charge < -0.3 is 10.1 Å². The summed E-state index contributed by atoms with van der Waals surface area (Å²) in [6.07, 6.45) is 4.94. The number of anilines is 1. The average Bonchev–Trinajstić information content (AvgIpc) is 2.44. The molecule has 1 aliphatic carbocycles. The van der Waals surface area contributed by atoms with E-state index >= 15 is 0 Å². The van der Waals surface area contributed by atoms with Crippen LogP contribution in [0.3, 0.4) is 0 Å². The van der Waals surface area contributed by atoms with Gasteiger partial charge in [-0.15, -0.1) is 0 Å². The molecule has 1 aromatic carbocycles. The van der Waals surface area contributed by atoms with Crippen molar-refractivity contribution >= 4 is 16.6 Å². The summed E-state index contributed by atoms with van der Waals surface area (Å²) >= 11 is 0. The molecule has 0 radical (unpaired) electrons. The van der Waals surface area contributed by atoms with Crippen molar-refractivity contribution in [2.24, 2.45) is 0 Å². The van der Waals surface area contributed by atoms with Crippen LogP contribution in [-0.2, 0) is 12.8 Å². The third-order valence-corrected chi connectivity index (χ3v) is 3.86. The van der Waals surface area contributed by atoms with Crippen molar-refractivity contribution < 1.29 is 4.74 Å². The van der Waals surface area contributed by atoms with Crippen LogP contribution in [-0.4, -0.2) is 18.1 Å². The molecule has 0 saturated carbocycles. The fraction of sp³-hybridized carbons (Fsp3) is 0.471. The number of nitrogens with zero attached hydrogens (tertiary/aromatic N) is 1. The minimum Gasteiger partial charge on any atom is -0.491 e. The molecular formula is C17H22N2O. The number of hydrogen-bond acceptors (Lipinski definition) is 3. The topological polar surface area (TPSA) is 34.2 Å². The van der Waals surface area contributed by atoms with Gasteiger partial charge in [-0.2, -0.15) is 0 Å². The van der Waals surface area contributed by atoms with Crippen LogP contribution in [0.25, 0.3) is 10.9 Å². The second-order valence-electron chi connectivity index (χ2n) is 5.71. The van der Waals surface area contributed by atoms with E-state index in [1.54, 1.807) is 0 Å². The van der Waals surface area contributed by atoms with Gasteiger partial charge in [-0.3, -0.25) is 4.98 Å². The molecule has 0 bridgehead atoms. The van der Waals surface area contributed by atoms with E-state index in [0.717, 1.165) is 24.1 Å². The van der Waals surface area contributed by atoms with Gasteiger partial charge in [-0.25, -0.2) is 0 Å². The number of nitrogens with one attached hydrogen (secondary N) is 1. The van der Waals surface area contributed by atoms with Crippen LogP contribution in [0.15, 0.2) is 18.2 Å². The first-order valence-electron chi connectivity index (χ1n) is 7.49. The number of rotatable bonds is 3. The van der Waals surface area contributed by atoms with Crippen LogP contribution in [0.4, 0.5) is 5.69 Å². The molecule has 0 amide bonds. The number of pyridine rings is 1. The van der Waals surface area contributed by atoms with Crippen LogP contribution in [0.1, 0.15) is 37.9 Å². The summed E-state index contributed by atoms with van der Waals surface area (Å²) < 4.78 is 5.81. The molecule has 3 heteroatoms. The highest BCUT2D eigenvalue weighted by atomic mass is 16.5. The maximum absolute atomic E-state index is 5.81. The second kappa shape index (κ2) is 5.31. The van der Waals surface area contributed by atoms with E-state index in [1.807, 2.05) is 27.0 Å². The van der Waals surface area contributed by atoms with Gasteiger partial charge in [0.1, 0.15) is 5.75 Å². The Morgan fingerprint density at radius 1 is 1.20 bits per heavy atom. The van der Waals surface area contributed by atoms with E-state index in [1.165, 1.54) is 35.2 Å². The zero-order valence-electron chi connectivity index (χ0n) is 12.5. The van der Waals surface area contributed by atoms with Gasteiger partial charge in [0.15, 0.2) is 0 Å². The molecule has 0 saturated heterocycles. The minimum absolute atomic E-state index is 0.191. The lowest BCUT2D eigenvalue weighted by atomic mass is 9.92. The molecule has 0 aliphatic heterocycles. The number of benzene rings is 1. The third-order valence-electron chi connectivity index (χ3n) is 3.86. The van der Waals surface area contributed by atoms with Crippen molar-refractivity contribution in [3.05, 3.63) is 29.5 Å². The molecule has 1 N–H and O–H groups in total. The van der Waals surface area contributed by atoms with E-state index in [9.17, 15) is 0 Å². The number of fused-ring (bicyclic) bond motifs is 2. The Bertz CT molecular complexity index is 634. The second-order valence-corrected chi connectivity index (χ2v) is 5.71. The number of hydrogen-bond donors (Lipinski definition) is 1. The van der Waals surface area contributed by atoms with E-state index in [4.69, 9.17) is 9.72 Å². The van der Waals surface area contributed by atoms with Gasteiger partial charge in [0, 0.05) is 23.8 Å². The molecule has 3 nitrogen and oxygen atoms in total. The lowest BCUT2D eigenvalue weighted by Gasteiger charge is -2.21. The van der Waals surface area contributed by atoms with Crippen molar-refractivity contribution in [1.29, 1.82) is 0 Å². The minimum atomic E-state index is 0.191. The fourth-order valence-electron chi connectivity index (χ4n) is 3.03. The average molecular weight is 270 g/mol.